The van der Waals surface area contributed by atoms with Crippen LogP contribution in [0.15, 0.2) is 121 Å². The number of phenols is 1. The normalized spacial score (nSPS) is 14.0. The molecule has 5 aromatic rings. The second-order valence-electron chi connectivity index (χ2n) is 24.4. The predicted octanol–water partition coefficient (Wildman–Crippen LogP) is -1.20. The molecule has 0 bridgehead atoms. The summed E-state index contributed by atoms with van der Waals surface area (Å²) in [4.78, 5) is 173. The van der Waals surface area contributed by atoms with Crippen LogP contribution in [0.2, 0.25) is 5.02 Å². The van der Waals surface area contributed by atoms with E-state index in [-0.39, 0.29) is 88.5 Å². The molecule has 0 aliphatic heterocycles. The number of aromatic nitrogens is 1. The number of nitrogens with zero attached hydrogens (tertiary/aromatic N) is 2. The number of guanidine groups is 1. The van der Waals surface area contributed by atoms with Crippen LogP contribution < -0.4 is 81.4 Å². The maximum absolute atomic E-state index is 14.8. The Bertz CT molecular complexity index is 3680. The van der Waals surface area contributed by atoms with Gasteiger partial charge in [-0.15, -0.1) is 0 Å². The minimum Gasteiger partial charge on any atom is -0.508 e. The van der Waals surface area contributed by atoms with Gasteiger partial charge in [0.05, 0.1) is 6.61 Å². The second kappa shape index (κ2) is 40.1. The molecule has 0 saturated heterocycles. The molecule has 5 rings (SSSR count). The number of benzene rings is 4. The van der Waals surface area contributed by atoms with E-state index < -0.39 is 138 Å². The summed E-state index contributed by atoms with van der Waals surface area (Å²) in [5, 5.41) is 51.6. The Morgan fingerprint density at radius 1 is 0.480 bits per heavy atom. The molecular formula is C68H90ClN17O14. The van der Waals surface area contributed by atoms with Crippen molar-refractivity contribution in [3.05, 3.63) is 143 Å². The number of aliphatic hydroxyl groups is 1. The van der Waals surface area contributed by atoms with Crippen LogP contribution in [0.3, 0.4) is 0 Å². The highest BCUT2D eigenvalue weighted by Gasteiger charge is 2.36. The Morgan fingerprint density at radius 2 is 0.930 bits per heavy atom. The number of aliphatic imine (C=N–C) groups is 1. The Labute approximate surface area is 583 Å². The largest absolute Gasteiger partial charge is 0.508 e. The number of nitrogens with one attached hydrogen (secondary N) is 11. The van der Waals surface area contributed by atoms with E-state index in [1.165, 1.54) is 57.4 Å². The van der Waals surface area contributed by atoms with Crippen molar-refractivity contribution in [1.29, 1.82) is 0 Å². The molecule has 10 atom stereocenters. The van der Waals surface area contributed by atoms with Crippen LogP contribution >= 0.6 is 11.6 Å². The van der Waals surface area contributed by atoms with Gasteiger partial charge in [-0.1, -0.05) is 98.2 Å². The molecule has 4 aromatic carbocycles. The van der Waals surface area contributed by atoms with E-state index in [1.807, 2.05) is 42.5 Å². The number of hydrogen-bond acceptors (Lipinski definition) is 16. The van der Waals surface area contributed by atoms with Crippen LogP contribution in [0.5, 0.6) is 5.75 Å². The molecule has 1 heterocycles. The molecule has 100 heavy (non-hydrogen) atoms. The highest BCUT2D eigenvalue weighted by Crippen LogP contribution is 2.19. The molecule has 21 N–H and O–H groups in total. The molecule has 0 aliphatic rings. The summed E-state index contributed by atoms with van der Waals surface area (Å²) in [6.07, 6.45) is 1.94. The quantitative estimate of drug-likeness (QED) is 0.0125. The van der Waals surface area contributed by atoms with Gasteiger partial charge in [-0.2, -0.15) is 0 Å². The van der Waals surface area contributed by atoms with E-state index >= 15 is 0 Å². The van der Waals surface area contributed by atoms with Crippen molar-refractivity contribution in [3.8, 4) is 5.75 Å². The molecule has 0 saturated carbocycles. The van der Waals surface area contributed by atoms with Gasteiger partial charge in [0.25, 0.3) is 0 Å². The highest BCUT2D eigenvalue weighted by molar-refractivity contribution is 6.30. The fourth-order valence-electron chi connectivity index (χ4n) is 10.3. The van der Waals surface area contributed by atoms with Gasteiger partial charge in [-0.05, 0) is 115 Å². The zero-order chi connectivity index (χ0) is 73.6. The zero-order valence-corrected chi connectivity index (χ0v) is 56.9. The molecule has 13 amide bonds. The highest BCUT2D eigenvalue weighted by atomic mass is 35.5. The first-order valence-corrected chi connectivity index (χ1v) is 32.7. The number of pyridine rings is 1. The molecular weight excluding hydrogens is 1310 g/mol. The SMILES string of the molecule is CC(=O)N[C@H](Cc1ccc2ccccc2c1)C(=O)N[C@H](Cc1ccc(Cl)cc1)C(=O)N[C@H](Cc1cccnc1)C(=O)N[C@@H](CO)C(=O)N[C@@H](Cc1ccc(O)cc1)C(=O)N[C@H](CCCNC(N)=O)C(=O)N[C@@H](CC(C)C)C(=O)N[C@@H](CCCN=C(N)N)C(=O)N[C@@H](C)C(=O)N[C@H](C)C(N)=O. The Morgan fingerprint density at radius 3 is 1.45 bits per heavy atom. The number of primary amides is 2. The number of rotatable bonds is 39. The number of carbonyl (C=O) groups is 12. The molecule has 31 nitrogen and oxygen atoms in total. The average molecular weight is 1410 g/mol. The third-order valence-corrected chi connectivity index (χ3v) is 15.9. The summed E-state index contributed by atoms with van der Waals surface area (Å²) in [5.74, 6) is -10.3. The second-order valence-corrected chi connectivity index (χ2v) is 24.8. The molecule has 32 heteroatoms. The number of phenolic OH excluding ortho intramolecular Hbond substituents is 1. The van der Waals surface area contributed by atoms with Crippen LogP contribution in [0.25, 0.3) is 10.8 Å². The van der Waals surface area contributed by atoms with Crippen LogP contribution in [-0.4, -0.2) is 172 Å². The van der Waals surface area contributed by atoms with Gasteiger partial charge >= 0.3 is 6.03 Å². The average Bonchev–Trinajstić information content (AvgIpc) is 0.844. The van der Waals surface area contributed by atoms with Crippen LogP contribution in [0.4, 0.5) is 4.79 Å². The molecule has 0 spiro atoms. The fraction of sp³-hybridized carbons (Fsp3) is 0.412. The predicted molar refractivity (Wildman–Crippen MR) is 371 cm³/mol. The van der Waals surface area contributed by atoms with E-state index in [0.717, 1.165) is 10.8 Å². The number of fused-ring (bicyclic) bond motifs is 1. The first-order valence-electron chi connectivity index (χ1n) is 32.4. The summed E-state index contributed by atoms with van der Waals surface area (Å²) in [6.45, 7) is 6.24. The van der Waals surface area contributed by atoms with Crippen molar-refractivity contribution in [1.82, 2.24) is 63.5 Å². The van der Waals surface area contributed by atoms with Crippen molar-refractivity contribution < 1.29 is 67.7 Å². The number of amides is 13. The summed E-state index contributed by atoms with van der Waals surface area (Å²) in [6, 6.07) is 13.0. The first kappa shape index (κ1) is 79.7. The lowest BCUT2D eigenvalue weighted by molar-refractivity contribution is -0.136. The van der Waals surface area contributed by atoms with Crippen LogP contribution in [0.1, 0.15) is 89.0 Å². The van der Waals surface area contributed by atoms with E-state index in [2.05, 4.69) is 68.5 Å². The Hall–Kier alpha value is -10.9. The van der Waals surface area contributed by atoms with Gasteiger partial charge in [-0.3, -0.25) is 62.7 Å². The third-order valence-electron chi connectivity index (χ3n) is 15.6. The van der Waals surface area contributed by atoms with E-state index in [4.69, 9.17) is 34.5 Å². The number of aliphatic hydroxyl groups excluding tert-OH is 1. The molecule has 1 aromatic heterocycles. The number of halogens is 1. The summed E-state index contributed by atoms with van der Waals surface area (Å²) in [5.41, 5.74) is 23.6. The summed E-state index contributed by atoms with van der Waals surface area (Å²) < 4.78 is 0. The van der Waals surface area contributed by atoms with Crippen LogP contribution in [0, 0.1) is 5.92 Å². The topological polar surface area (TPSA) is 507 Å². The van der Waals surface area contributed by atoms with E-state index in [1.54, 1.807) is 50.2 Å². The molecule has 0 fully saturated rings. The van der Waals surface area contributed by atoms with Gasteiger partial charge in [-0.25, -0.2) is 4.79 Å². The minimum absolute atomic E-state index is 0.00730. The first-order chi connectivity index (χ1) is 47.5. The van der Waals surface area contributed by atoms with Crippen molar-refractivity contribution >= 4 is 99.3 Å². The monoisotopic (exact) mass is 1400 g/mol. The fourth-order valence-corrected chi connectivity index (χ4v) is 10.4. The Balaban J connectivity index is 1.42. The maximum Gasteiger partial charge on any atom is 0.312 e. The maximum atomic E-state index is 14.8. The van der Waals surface area contributed by atoms with E-state index in [9.17, 15) is 67.7 Å². The van der Waals surface area contributed by atoms with Crippen molar-refractivity contribution in [3.63, 3.8) is 0 Å². The smallest absolute Gasteiger partial charge is 0.312 e. The van der Waals surface area contributed by atoms with Gasteiger partial charge < -0.3 is 91.6 Å². The van der Waals surface area contributed by atoms with Gasteiger partial charge in [0.1, 0.15) is 66.2 Å². The van der Waals surface area contributed by atoms with Crippen LogP contribution in [-0.2, 0) is 78.4 Å². The number of carbonyl (C=O) groups excluding carboxylic acids is 12. The molecule has 538 valence electrons. The van der Waals surface area contributed by atoms with Gasteiger partial charge in [0.2, 0.25) is 65.0 Å². The van der Waals surface area contributed by atoms with Gasteiger partial charge in [0.15, 0.2) is 5.96 Å². The lowest BCUT2D eigenvalue weighted by atomic mass is 9.99. The lowest BCUT2D eigenvalue weighted by Crippen LogP contribution is -2.61. The number of hydrogen-bond donors (Lipinski definition) is 17. The zero-order valence-electron chi connectivity index (χ0n) is 56.2. The minimum atomic E-state index is -1.85. The number of urea groups is 1. The van der Waals surface area contributed by atoms with Crippen molar-refractivity contribution in [2.24, 2.45) is 33.8 Å². The standard InChI is InChI=1S/C68H90ClN17O14/c1-37(2)29-51(61(94)80-49(14-9-27-75-67(71)72)59(92)78-39(4)58(91)77-38(3)57(70)90)82-60(93)50(15-10-28-76-68(73)100)81-63(96)53(32-42-19-24-48(89)25-20-42)85-66(99)56(36-87)86-65(98)55(34-44-11-8-26-74-35-44)84-64(97)54(31-41-17-22-47(69)23-18-41)83-62(95)52(79-40(5)88)33-43-16-21-45-12-6-7-13-46(45)30-43/h6-8,11-13,16-26,30,35,37-39,49-56,87,89H,9-10,14-15,27-29,31-34,36H2,1-5H3,(H2,70,90)(H,77,91)(H,78,92)(H,79,88)(H,80,94)(H,81,96)(H,82,93)(H,83,95)(H,84,97)(H,85,99)(H,86,98)(H4,71,72,75)(H3,73,76,100)/t38-,39+,49+,50-,51+,52-,53+,54-,55-,56+/m1/s1. The van der Waals surface area contributed by atoms with E-state index in [0.29, 0.717) is 27.3 Å². The summed E-state index contributed by atoms with van der Waals surface area (Å²) >= 11 is 6.22. The lowest BCUT2D eigenvalue weighted by Gasteiger charge is -2.28. The van der Waals surface area contributed by atoms with Crippen molar-refractivity contribution in [2.45, 2.75) is 153 Å². The van der Waals surface area contributed by atoms with Gasteiger partial charge in [0, 0.05) is 63.1 Å². The van der Waals surface area contributed by atoms with Crippen molar-refractivity contribution in [2.75, 3.05) is 19.7 Å². The molecule has 0 aliphatic carbocycles. The number of nitrogens with two attached hydrogens (primary N) is 4. The summed E-state index contributed by atoms with van der Waals surface area (Å²) in [7, 11) is 0. The third kappa shape index (κ3) is 27.5. The molecule has 0 radical (unpaired) electrons. The Kier molecular flexibility index (Phi) is 31.9. The number of aromatic hydroxyl groups is 1. The molecule has 0 unspecified atom stereocenters.